The van der Waals surface area contributed by atoms with E-state index in [0.717, 1.165) is 11.6 Å². The number of aliphatic hydroxyl groups excluding tert-OH is 1. The number of ether oxygens (including phenoxy) is 3. The van der Waals surface area contributed by atoms with E-state index in [4.69, 9.17) is 48.3 Å². The van der Waals surface area contributed by atoms with Crippen LogP contribution in [0.5, 0.6) is 5.75 Å². The van der Waals surface area contributed by atoms with E-state index in [9.17, 15) is 13.2 Å². The van der Waals surface area contributed by atoms with Crippen LogP contribution in [0.4, 0.5) is 13.2 Å². The van der Waals surface area contributed by atoms with E-state index in [1.54, 1.807) is 39.0 Å². The van der Waals surface area contributed by atoms with Gasteiger partial charge in [0, 0.05) is 52.5 Å². The Morgan fingerprint density at radius 3 is 2.30 bits per heavy atom. The normalized spacial score (nSPS) is 16.3. The Kier molecular flexibility index (Phi) is 14.4. The summed E-state index contributed by atoms with van der Waals surface area (Å²) in [5, 5.41) is 8.46. The van der Waals surface area contributed by atoms with E-state index in [-0.39, 0.29) is 64.9 Å². The van der Waals surface area contributed by atoms with Crippen LogP contribution in [0.1, 0.15) is 50.3 Å². The van der Waals surface area contributed by atoms with Gasteiger partial charge >= 0.3 is 6.18 Å². The molecular weight excluding hydrogens is 607 g/mol. The number of alkyl halides is 3. The van der Waals surface area contributed by atoms with Crippen molar-refractivity contribution >= 4 is 23.2 Å². The number of benzene rings is 2. The molecule has 0 aliphatic carbocycles. The van der Waals surface area contributed by atoms with Crippen molar-refractivity contribution in [2.75, 3.05) is 26.4 Å². The second-order valence-corrected chi connectivity index (χ2v) is 9.85. The molecule has 1 fully saturated rings. The Bertz CT molecular complexity index is 983. The predicted molar refractivity (Wildman–Crippen MR) is 136 cm³/mol. The maximum Gasteiger partial charge on any atom is 0.419 e. The first-order valence-corrected chi connectivity index (χ1v) is 12.5. The average molecular weight is 640 g/mol. The monoisotopic (exact) mass is 639 g/mol. The molecule has 2 N–H and O–H groups in total. The molecule has 5 nitrogen and oxygen atoms in total. The van der Waals surface area contributed by atoms with E-state index in [2.05, 4.69) is 0 Å². The number of hydrogen-bond donors (Lipinski definition) is 1. The molecule has 0 unspecified atom stereocenters. The van der Waals surface area contributed by atoms with Gasteiger partial charge in [0.2, 0.25) is 0 Å². The van der Waals surface area contributed by atoms with Crippen molar-refractivity contribution in [3.63, 3.8) is 0 Å². The van der Waals surface area contributed by atoms with Gasteiger partial charge in [-0.15, -0.1) is 0 Å². The molecule has 3 rings (SSSR count). The van der Waals surface area contributed by atoms with Crippen molar-refractivity contribution in [3.8, 4) is 5.75 Å². The van der Waals surface area contributed by atoms with E-state index in [0.29, 0.717) is 41.3 Å². The van der Waals surface area contributed by atoms with Crippen LogP contribution in [0.15, 0.2) is 36.4 Å². The molecule has 1 aliphatic rings. The summed E-state index contributed by atoms with van der Waals surface area (Å²) in [5.41, 5.74) is 7.95. The molecule has 0 aromatic heterocycles. The first-order chi connectivity index (χ1) is 16.8. The van der Waals surface area contributed by atoms with Gasteiger partial charge in [-0.25, -0.2) is 0 Å². The average Bonchev–Trinajstić information content (AvgIpc) is 2.81. The van der Waals surface area contributed by atoms with Crippen LogP contribution in [0, 0.1) is 0 Å². The van der Waals surface area contributed by atoms with Crippen molar-refractivity contribution < 1.29 is 65.2 Å². The summed E-state index contributed by atoms with van der Waals surface area (Å²) in [6.45, 7) is 5.91. The molecule has 0 saturated carbocycles. The quantitative estimate of drug-likeness (QED) is 0.303. The fourth-order valence-corrected chi connectivity index (χ4v) is 3.92. The largest absolute Gasteiger partial charge is 0.668 e. The van der Waals surface area contributed by atoms with E-state index in [1.807, 2.05) is 6.07 Å². The molecule has 0 amide bonds. The number of nitrogens with one attached hydrogen (secondary N) is 1. The molecule has 1 radical (unpaired) electrons. The Balaban J connectivity index is 0.00000163. The fraction of sp³-hybridized carbons (Fsp3) is 0.538. The second-order valence-electron chi connectivity index (χ2n) is 9.07. The van der Waals surface area contributed by atoms with E-state index < -0.39 is 23.1 Å². The molecule has 0 spiro atoms. The summed E-state index contributed by atoms with van der Waals surface area (Å²) >= 11 is 12.1. The Morgan fingerprint density at radius 1 is 1.08 bits per heavy atom. The molecule has 2 aromatic carbocycles. The van der Waals surface area contributed by atoms with Crippen LogP contribution in [0.25, 0.3) is 5.73 Å². The Labute approximate surface area is 252 Å². The van der Waals surface area contributed by atoms with Gasteiger partial charge in [0.05, 0.1) is 22.2 Å². The zero-order valence-corrected chi connectivity index (χ0v) is 25.6. The summed E-state index contributed by atoms with van der Waals surface area (Å²) in [6, 6.07) is 9.33. The minimum atomic E-state index is -4.55. The molecule has 205 valence electrons. The van der Waals surface area contributed by atoms with E-state index >= 15 is 0 Å². The maximum absolute atomic E-state index is 13.7. The molecule has 11 heteroatoms. The zero-order valence-electron chi connectivity index (χ0n) is 21.3. The van der Waals surface area contributed by atoms with Crippen LogP contribution in [-0.2, 0) is 61.2 Å². The third kappa shape index (κ3) is 11.3. The number of hydrogen-bond acceptors (Lipinski definition) is 4. The van der Waals surface area contributed by atoms with Gasteiger partial charge in [0.1, 0.15) is 5.75 Å². The SMILES string of the molecule is CC1(C)OCC([NH-])(CCc2ccc(OCCCc3cccc(Cl)c3Cl)c(C(F)(F)F)c2)CO1.CCO.[Y]. The van der Waals surface area contributed by atoms with Crippen LogP contribution in [0.2, 0.25) is 10.0 Å². The van der Waals surface area contributed by atoms with Crippen LogP contribution < -0.4 is 4.74 Å². The van der Waals surface area contributed by atoms with Crippen molar-refractivity contribution in [2.45, 2.75) is 64.0 Å². The fourth-order valence-electron chi connectivity index (χ4n) is 3.50. The Hall–Kier alpha value is -0.446. The van der Waals surface area contributed by atoms with Crippen molar-refractivity contribution in [1.82, 2.24) is 0 Å². The number of aryl methyl sites for hydroxylation is 2. The summed E-state index contributed by atoms with van der Waals surface area (Å²) in [5.74, 6) is -0.958. The molecule has 0 atom stereocenters. The molecule has 1 saturated heterocycles. The maximum atomic E-state index is 13.7. The standard InChI is InChI=1S/C24H27Cl2F3NO3.C2H6O.Y/c1-22(2)32-14-23(30,15-33-22)11-10-16-8-9-20(18(13-16)24(27,28)29)31-12-4-6-17-5-3-7-19(25)21(17)26;1-2-3;/h3,5,7-9,13,30H,4,6,10-12,14-15H2,1-2H3;3H,2H2,1H3;/q-1;;. The van der Waals surface area contributed by atoms with Gasteiger partial charge < -0.3 is 25.1 Å². The smallest absolute Gasteiger partial charge is 0.419 e. The first-order valence-electron chi connectivity index (χ1n) is 11.7. The summed E-state index contributed by atoms with van der Waals surface area (Å²) < 4.78 is 57.6. The third-order valence-corrected chi connectivity index (χ3v) is 6.37. The minimum Gasteiger partial charge on any atom is -0.668 e. The number of rotatable bonds is 8. The summed E-state index contributed by atoms with van der Waals surface area (Å²) in [7, 11) is 0. The van der Waals surface area contributed by atoms with Gasteiger partial charge in [0.15, 0.2) is 5.79 Å². The molecular formula is C26H33Cl2F3NO4Y-. The third-order valence-electron chi connectivity index (χ3n) is 5.51. The molecule has 1 heterocycles. The van der Waals surface area contributed by atoms with Crippen LogP contribution in [0.3, 0.4) is 0 Å². The molecule has 2 aromatic rings. The van der Waals surface area contributed by atoms with Crippen LogP contribution in [-0.4, -0.2) is 42.9 Å². The van der Waals surface area contributed by atoms with Gasteiger partial charge in [-0.3, -0.25) is 0 Å². The van der Waals surface area contributed by atoms with Crippen molar-refractivity contribution in [3.05, 3.63) is 68.9 Å². The summed E-state index contributed by atoms with van der Waals surface area (Å²) in [6.07, 6.45) is -2.92. The predicted octanol–water partition coefficient (Wildman–Crippen LogP) is 7.53. The molecule has 1 aliphatic heterocycles. The summed E-state index contributed by atoms with van der Waals surface area (Å²) in [4.78, 5) is 0. The molecule has 37 heavy (non-hydrogen) atoms. The van der Waals surface area contributed by atoms with Gasteiger partial charge in [-0.05, 0) is 69.4 Å². The first kappa shape index (κ1) is 34.6. The second kappa shape index (κ2) is 15.4. The topological polar surface area (TPSA) is 71.7 Å². The van der Waals surface area contributed by atoms with Gasteiger partial charge in [-0.2, -0.15) is 13.2 Å². The van der Waals surface area contributed by atoms with Crippen LogP contribution >= 0.6 is 23.2 Å². The van der Waals surface area contributed by atoms with Crippen molar-refractivity contribution in [2.24, 2.45) is 0 Å². The number of halogens is 5. The minimum absolute atomic E-state index is 0. The number of aliphatic hydroxyl groups is 1. The van der Waals surface area contributed by atoms with Gasteiger partial charge in [0.25, 0.3) is 0 Å². The van der Waals surface area contributed by atoms with Crippen molar-refractivity contribution in [1.29, 1.82) is 0 Å². The zero-order chi connectivity index (χ0) is 27.0. The molecule has 0 bridgehead atoms. The van der Waals surface area contributed by atoms with Gasteiger partial charge in [-0.1, -0.05) is 53.4 Å². The Morgan fingerprint density at radius 2 is 1.70 bits per heavy atom. The van der Waals surface area contributed by atoms with E-state index in [1.165, 1.54) is 6.07 Å².